The van der Waals surface area contributed by atoms with E-state index in [9.17, 15) is 14.0 Å². The molecule has 0 saturated carbocycles. The van der Waals surface area contributed by atoms with Crippen LogP contribution in [0.3, 0.4) is 0 Å². The van der Waals surface area contributed by atoms with Crippen LogP contribution in [0.15, 0.2) is 42.5 Å². The summed E-state index contributed by atoms with van der Waals surface area (Å²) in [5.74, 6) is -0.762. The number of hydrogen-bond donors (Lipinski definition) is 3. The number of rotatable bonds is 6. The third-order valence-electron chi connectivity index (χ3n) is 3.62. The Bertz CT molecular complexity index is 984. The van der Waals surface area contributed by atoms with Crippen molar-refractivity contribution >= 4 is 28.4 Å². The Balaban J connectivity index is 1.81. The van der Waals surface area contributed by atoms with E-state index in [1.54, 1.807) is 24.3 Å². The standard InChI is InChI=1S/C18H16FN3O4/c1-25-15-5-3-12(8-16(15)26-9-17(20)23)21-18(24)14-7-10-6-11(19)2-4-13(10)22-14/h2-8,22H,9H2,1H3,(H2,20,23)(H,21,24). The molecule has 0 atom stereocenters. The van der Waals surface area contributed by atoms with Crippen LogP contribution in [0.5, 0.6) is 11.5 Å². The lowest BCUT2D eigenvalue weighted by Gasteiger charge is -2.11. The second-order valence-corrected chi connectivity index (χ2v) is 5.49. The zero-order chi connectivity index (χ0) is 18.7. The lowest BCUT2D eigenvalue weighted by Crippen LogP contribution is -2.20. The average molecular weight is 357 g/mol. The van der Waals surface area contributed by atoms with Gasteiger partial charge in [0, 0.05) is 22.7 Å². The largest absolute Gasteiger partial charge is 0.493 e. The molecule has 3 rings (SSSR count). The molecule has 0 radical (unpaired) electrons. The minimum atomic E-state index is -0.633. The minimum Gasteiger partial charge on any atom is -0.493 e. The van der Waals surface area contributed by atoms with Crippen LogP contribution in [0.25, 0.3) is 10.9 Å². The number of amides is 2. The highest BCUT2D eigenvalue weighted by Crippen LogP contribution is 2.30. The first-order valence-corrected chi connectivity index (χ1v) is 7.65. The average Bonchev–Trinajstić information content (AvgIpc) is 3.03. The third-order valence-corrected chi connectivity index (χ3v) is 3.62. The first kappa shape index (κ1) is 17.3. The number of H-pyrrole nitrogens is 1. The second kappa shape index (κ2) is 7.14. The van der Waals surface area contributed by atoms with E-state index in [-0.39, 0.29) is 23.9 Å². The van der Waals surface area contributed by atoms with Crippen molar-refractivity contribution < 1.29 is 23.5 Å². The number of carbonyl (C=O) groups excluding carboxylic acids is 2. The summed E-state index contributed by atoms with van der Waals surface area (Å²) in [6.45, 7) is -0.318. The van der Waals surface area contributed by atoms with Gasteiger partial charge in [0.15, 0.2) is 18.1 Å². The molecule has 7 nitrogen and oxygen atoms in total. The molecule has 0 aliphatic rings. The van der Waals surface area contributed by atoms with E-state index in [1.165, 1.54) is 25.3 Å². The molecule has 1 aromatic heterocycles. The smallest absolute Gasteiger partial charge is 0.272 e. The van der Waals surface area contributed by atoms with Crippen LogP contribution in [0.1, 0.15) is 10.5 Å². The van der Waals surface area contributed by atoms with Gasteiger partial charge in [-0.15, -0.1) is 0 Å². The fraction of sp³-hybridized carbons (Fsp3) is 0.111. The highest BCUT2D eigenvalue weighted by Gasteiger charge is 2.13. The summed E-state index contributed by atoms with van der Waals surface area (Å²) in [4.78, 5) is 26.2. The highest BCUT2D eigenvalue weighted by atomic mass is 19.1. The van der Waals surface area contributed by atoms with Gasteiger partial charge >= 0.3 is 0 Å². The van der Waals surface area contributed by atoms with Gasteiger partial charge in [-0.25, -0.2) is 4.39 Å². The van der Waals surface area contributed by atoms with Crippen molar-refractivity contribution in [2.24, 2.45) is 5.73 Å². The zero-order valence-electron chi connectivity index (χ0n) is 13.8. The summed E-state index contributed by atoms with van der Waals surface area (Å²) in [5, 5.41) is 3.29. The molecule has 0 unspecified atom stereocenters. The topological polar surface area (TPSA) is 106 Å². The highest BCUT2D eigenvalue weighted by molar-refractivity contribution is 6.06. The lowest BCUT2D eigenvalue weighted by molar-refractivity contribution is -0.119. The molecule has 0 aliphatic carbocycles. The molecule has 8 heteroatoms. The van der Waals surface area contributed by atoms with Crippen molar-refractivity contribution in [3.8, 4) is 11.5 Å². The summed E-state index contributed by atoms with van der Waals surface area (Å²) >= 11 is 0. The van der Waals surface area contributed by atoms with Gasteiger partial charge in [-0.3, -0.25) is 9.59 Å². The molecule has 0 aliphatic heterocycles. The van der Waals surface area contributed by atoms with Gasteiger partial charge in [0.05, 0.1) is 7.11 Å². The summed E-state index contributed by atoms with van der Waals surface area (Å²) < 4.78 is 23.7. The summed E-state index contributed by atoms with van der Waals surface area (Å²) in [6, 6.07) is 10.5. The summed E-state index contributed by atoms with van der Waals surface area (Å²) in [7, 11) is 1.45. The van der Waals surface area contributed by atoms with Crippen molar-refractivity contribution in [2.45, 2.75) is 0 Å². The summed E-state index contributed by atoms with van der Waals surface area (Å²) in [5.41, 5.74) is 6.43. The number of ether oxygens (including phenoxy) is 2. The molecular weight excluding hydrogens is 341 g/mol. The molecule has 0 fully saturated rings. The van der Waals surface area contributed by atoms with Crippen LogP contribution in [0, 0.1) is 5.82 Å². The van der Waals surface area contributed by atoms with Gasteiger partial charge in [0.25, 0.3) is 11.8 Å². The van der Waals surface area contributed by atoms with Crippen molar-refractivity contribution in [3.63, 3.8) is 0 Å². The fourth-order valence-corrected chi connectivity index (χ4v) is 2.44. The van der Waals surface area contributed by atoms with Crippen molar-refractivity contribution in [3.05, 3.63) is 54.0 Å². The van der Waals surface area contributed by atoms with Crippen LogP contribution < -0.4 is 20.5 Å². The van der Waals surface area contributed by atoms with Crippen LogP contribution in [0.2, 0.25) is 0 Å². The van der Waals surface area contributed by atoms with Crippen LogP contribution >= 0.6 is 0 Å². The molecule has 26 heavy (non-hydrogen) atoms. The molecule has 3 aromatic rings. The molecule has 1 heterocycles. The molecule has 0 bridgehead atoms. The fourth-order valence-electron chi connectivity index (χ4n) is 2.44. The Kier molecular flexibility index (Phi) is 4.74. The monoisotopic (exact) mass is 357 g/mol. The number of benzene rings is 2. The Hall–Kier alpha value is -3.55. The maximum atomic E-state index is 13.3. The molecule has 0 spiro atoms. The predicted octanol–water partition coefficient (Wildman–Crippen LogP) is 2.43. The SMILES string of the molecule is COc1ccc(NC(=O)c2cc3cc(F)ccc3[nH]2)cc1OCC(N)=O. The Morgan fingerprint density at radius 2 is 1.96 bits per heavy atom. The first-order valence-electron chi connectivity index (χ1n) is 7.65. The van der Waals surface area contributed by atoms with Gasteiger partial charge in [-0.2, -0.15) is 0 Å². The quantitative estimate of drug-likeness (QED) is 0.630. The van der Waals surface area contributed by atoms with Gasteiger partial charge < -0.3 is 25.5 Å². The number of anilines is 1. The minimum absolute atomic E-state index is 0.266. The number of hydrogen-bond acceptors (Lipinski definition) is 4. The number of aromatic amines is 1. The molecule has 134 valence electrons. The number of nitrogens with two attached hydrogens (primary N) is 1. The van der Waals surface area contributed by atoms with Gasteiger partial charge in [0.1, 0.15) is 11.5 Å². The Morgan fingerprint density at radius 3 is 2.69 bits per heavy atom. The van der Waals surface area contributed by atoms with E-state index in [1.807, 2.05) is 0 Å². The van der Waals surface area contributed by atoms with E-state index in [2.05, 4.69) is 10.3 Å². The van der Waals surface area contributed by atoms with E-state index in [0.29, 0.717) is 22.3 Å². The first-order chi connectivity index (χ1) is 12.5. The molecular formula is C18H16FN3O4. The Morgan fingerprint density at radius 1 is 1.15 bits per heavy atom. The number of fused-ring (bicyclic) bond motifs is 1. The number of aromatic nitrogens is 1. The van der Waals surface area contributed by atoms with E-state index in [4.69, 9.17) is 15.2 Å². The summed E-state index contributed by atoms with van der Waals surface area (Å²) in [6.07, 6.45) is 0. The van der Waals surface area contributed by atoms with Crippen LogP contribution in [-0.2, 0) is 4.79 Å². The van der Waals surface area contributed by atoms with Crippen LogP contribution in [0.4, 0.5) is 10.1 Å². The van der Waals surface area contributed by atoms with E-state index < -0.39 is 11.8 Å². The van der Waals surface area contributed by atoms with Crippen molar-refractivity contribution in [1.29, 1.82) is 0 Å². The normalized spacial score (nSPS) is 10.5. The number of halogens is 1. The van der Waals surface area contributed by atoms with Crippen LogP contribution in [-0.4, -0.2) is 30.5 Å². The maximum absolute atomic E-state index is 13.3. The van der Waals surface area contributed by atoms with Gasteiger partial charge in [0.2, 0.25) is 0 Å². The van der Waals surface area contributed by atoms with Crippen molar-refractivity contribution in [2.75, 3.05) is 19.0 Å². The number of carbonyl (C=O) groups is 2. The number of primary amides is 1. The molecule has 0 saturated heterocycles. The number of nitrogens with one attached hydrogen (secondary N) is 2. The third kappa shape index (κ3) is 3.75. The Labute approximate surface area is 147 Å². The maximum Gasteiger partial charge on any atom is 0.272 e. The number of methoxy groups -OCH3 is 1. The van der Waals surface area contributed by atoms with Crippen molar-refractivity contribution in [1.82, 2.24) is 4.98 Å². The molecule has 4 N–H and O–H groups in total. The predicted molar refractivity (Wildman–Crippen MR) is 93.9 cm³/mol. The van der Waals surface area contributed by atoms with E-state index >= 15 is 0 Å². The lowest BCUT2D eigenvalue weighted by atomic mass is 10.2. The molecule has 2 amide bonds. The van der Waals surface area contributed by atoms with E-state index in [0.717, 1.165) is 0 Å². The zero-order valence-corrected chi connectivity index (χ0v) is 13.8. The second-order valence-electron chi connectivity index (χ2n) is 5.49. The van der Waals surface area contributed by atoms with Gasteiger partial charge in [-0.05, 0) is 36.4 Å². The van der Waals surface area contributed by atoms with Gasteiger partial charge in [-0.1, -0.05) is 0 Å². The molecule has 2 aromatic carbocycles.